The molecule has 1 fully saturated rings. The molecular weight excluding hydrogens is 268 g/mol. The molecule has 1 saturated heterocycles. The van der Waals surface area contributed by atoms with Crippen LogP contribution in [0, 0.1) is 5.41 Å². The van der Waals surface area contributed by atoms with Crippen LogP contribution in [-0.4, -0.2) is 45.2 Å². The zero-order valence-corrected chi connectivity index (χ0v) is 13.2. The van der Waals surface area contributed by atoms with Gasteiger partial charge in [-0.3, -0.25) is 4.79 Å². The van der Waals surface area contributed by atoms with Gasteiger partial charge in [-0.25, -0.2) is 4.98 Å². The number of carbonyl (C=O) groups excluding carboxylic acids is 1. The predicted octanol–water partition coefficient (Wildman–Crippen LogP) is 1.48. The number of hydrogen-bond acceptors (Lipinski definition) is 5. The zero-order chi connectivity index (χ0) is 15.5. The fourth-order valence-corrected chi connectivity index (χ4v) is 2.55. The Kier molecular flexibility index (Phi) is 4.67. The predicted molar refractivity (Wildman–Crippen MR) is 84.0 cm³/mol. The first-order valence-electron chi connectivity index (χ1n) is 7.20. The molecular formula is C15H24N4O2. The maximum atomic E-state index is 12.7. The monoisotopic (exact) mass is 292 g/mol. The van der Waals surface area contributed by atoms with Gasteiger partial charge in [0.1, 0.15) is 5.69 Å². The zero-order valence-electron chi connectivity index (χ0n) is 13.2. The summed E-state index contributed by atoms with van der Waals surface area (Å²) < 4.78 is 5.29. The molecule has 0 atom stereocenters. The number of hydrogen-bond donors (Lipinski definition) is 2. The first-order valence-corrected chi connectivity index (χ1v) is 7.20. The molecule has 0 radical (unpaired) electrons. The van der Waals surface area contributed by atoms with E-state index in [0.717, 1.165) is 31.6 Å². The second-order valence-corrected chi connectivity index (χ2v) is 5.87. The van der Waals surface area contributed by atoms with E-state index in [-0.39, 0.29) is 11.3 Å². The van der Waals surface area contributed by atoms with E-state index in [1.54, 1.807) is 13.3 Å². The van der Waals surface area contributed by atoms with Crippen LogP contribution >= 0.6 is 0 Å². The number of carbonyl (C=O) groups is 1. The highest BCUT2D eigenvalue weighted by Gasteiger charge is 2.35. The number of anilines is 2. The Balaban J connectivity index is 2.27. The third kappa shape index (κ3) is 3.26. The summed E-state index contributed by atoms with van der Waals surface area (Å²) in [5.41, 5.74) is 1.16. The van der Waals surface area contributed by atoms with E-state index in [4.69, 9.17) is 4.74 Å². The van der Waals surface area contributed by atoms with Crippen LogP contribution in [0.25, 0.3) is 0 Å². The molecule has 0 bridgehead atoms. The maximum Gasteiger partial charge on any atom is 0.239 e. The molecule has 1 aromatic heterocycles. The van der Waals surface area contributed by atoms with Crippen molar-refractivity contribution in [3.05, 3.63) is 12.3 Å². The molecule has 0 aliphatic carbocycles. The minimum Gasteiger partial charge on any atom is -0.479 e. The molecule has 1 amide bonds. The van der Waals surface area contributed by atoms with Crippen molar-refractivity contribution < 1.29 is 9.53 Å². The van der Waals surface area contributed by atoms with Crippen molar-refractivity contribution in [1.29, 1.82) is 0 Å². The van der Waals surface area contributed by atoms with Crippen LogP contribution in [0.4, 0.5) is 11.4 Å². The van der Waals surface area contributed by atoms with E-state index in [1.165, 1.54) is 0 Å². The number of nitrogens with zero attached hydrogens (tertiary/aromatic N) is 2. The number of ether oxygens (including phenoxy) is 1. The lowest BCUT2D eigenvalue weighted by Crippen LogP contribution is -2.43. The number of aromatic nitrogens is 1. The van der Waals surface area contributed by atoms with Gasteiger partial charge in [0.15, 0.2) is 0 Å². The van der Waals surface area contributed by atoms with Gasteiger partial charge >= 0.3 is 0 Å². The minimum absolute atomic E-state index is 0.0263. The highest BCUT2D eigenvalue weighted by molar-refractivity contribution is 5.99. The number of pyridine rings is 1. The average molecular weight is 292 g/mol. The van der Waals surface area contributed by atoms with Crippen molar-refractivity contribution in [2.75, 3.05) is 44.5 Å². The summed E-state index contributed by atoms with van der Waals surface area (Å²) in [5.74, 6) is 0.463. The highest BCUT2D eigenvalue weighted by atomic mass is 16.5. The van der Waals surface area contributed by atoms with Crippen LogP contribution in [0.15, 0.2) is 12.3 Å². The number of rotatable bonds is 4. The van der Waals surface area contributed by atoms with Gasteiger partial charge in [-0.2, -0.15) is 0 Å². The van der Waals surface area contributed by atoms with E-state index in [0.29, 0.717) is 11.6 Å². The van der Waals surface area contributed by atoms with Gasteiger partial charge < -0.3 is 20.3 Å². The Bertz CT molecular complexity index is 510. The fraction of sp³-hybridized carbons (Fsp3) is 0.600. The van der Waals surface area contributed by atoms with Crippen LogP contribution in [0.2, 0.25) is 0 Å². The number of amides is 1. The molecule has 0 spiro atoms. The van der Waals surface area contributed by atoms with Gasteiger partial charge in [0.2, 0.25) is 11.8 Å². The molecule has 6 nitrogen and oxygen atoms in total. The molecule has 2 N–H and O–H groups in total. The van der Waals surface area contributed by atoms with Gasteiger partial charge in [-0.15, -0.1) is 0 Å². The smallest absolute Gasteiger partial charge is 0.239 e. The van der Waals surface area contributed by atoms with Crippen LogP contribution in [0.3, 0.4) is 0 Å². The molecule has 0 unspecified atom stereocenters. The van der Waals surface area contributed by atoms with E-state index >= 15 is 0 Å². The Morgan fingerprint density at radius 3 is 2.67 bits per heavy atom. The Hall–Kier alpha value is -1.82. The van der Waals surface area contributed by atoms with Gasteiger partial charge in [-0.1, -0.05) is 6.92 Å². The molecule has 6 heteroatoms. The molecule has 0 aromatic carbocycles. The first kappa shape index (κ1) is 15.6. The molecule has 1 aliphatic heterocycles. The summed E-state index contributed by atoms with van der Waals surface area (Å²) >= 11 is 0. The topological polar surface area (TPSA) is 66.5 Å². The number of nitrogens with one attached hydrogen (secondary N) is 2. The number of piperidine rings is 1. The summed E-state index contributed by atoms with van der Waals surface area (Å²) in [7, 11) is 5.41. The lowest BCUT2D eigenvalue weighted by Gasteiger charge is -2.33. The highest BCUT2D eigenvalue weighted by Crippen LogP contribution is 2.35. The molecule has 1 aromatic rings. The van der Waals surface area contributed by atoms with Crippen molar-refractivity contribution in [2.45, 2.75) is 19.8 Å². The Morgan fingerprint density at radius 1 is 1.43 bits per heavy atom. The quantitative estimate of drug-likeness (QED) is 0.880. The lowest BCUT2D eigenvalue weighted by molar-refractivity contribution is -0.126. The van der Waals surface area contributed by atoms with Crippen molar-refractivity contribution in [3.63, 3.8) is 0 Å². The summed E-state index contributed by atoms with van der Waals surface area (Å²) in [5, 5.41) is 6.31. The second-order valence-electron chi connectivity index (χ2n) is 5.87. The standard InChI is InChI=1S/C15H24N4O2/c1-15(6-9-16-10-7-15)14(20)18-12-11(19(2)3)5-8-17-13(12)21-4/h5,8,16H,6-7,9-10H2,1-4H3,(H,18,20). The van der Waals surface area contributed by atoms with Crippen molar-refractivity contribution in [2.24, 2.45) is 5.41 Å². The van der Waals surface area contributed by atoms with Crippen LogP contribution < -0.4 is 20.3 Å². The van der Waals surface area contributed by atoms with Crippen molar-refractivity contribution in [3.8, 4) is 5.88 Å². The molecule has 0 saturated carbocycles. The largest absolute Gasteiger partial charge is 0.479 e. The van der Waals surface area contributed by atoms with Gasteiger partial charge in [0.25, 0.3) is 0 Å². The third-order valence-electron chi connectivity index (χ3n) is 4.06. The third-order valence-corrected chi connectivity index (χ3v) is 4.06. The van der Waals surface area contributed by atoms with Gasteiger partial charge in [0, 0.05) is 25.7 Å². The average Bonchev–Trinajstić information content (AvgIpc) is 2.47. The summed E-state index contributed by atoms with van der Waals surface area (Å²) in [6.45, 7) is 3.75. The lowest BCUT2D eigenvalue weighted by atomic mass is 9.80. The van der Waals surface area contributed by atoms with E-state index < -0.39 is 0 Å². The van der Waals surface area contributed by atoms with Gasteiger partial charge in [-0.05, 0) is 32.0 Å². The molecule has 116 valence electrons. The number of methoxy groups -OCH3 is 1. The minimum atomic E-state index is -0.352. The SMILES string of the molecule is COc1nccc(N(C)C)c1NC(=O)C1(C)CCNCC1. The van der Waals surface area contributed by atoms with Crippen LogP contribution in [-0.2, 0) is 4.79 Å². The van der Waals surface area contributed by atoms with E-state index in [2.05, 4.69) is 15.6 Å². The Labute approximate surface area is 125 Å². The molecule has 2 rings (SSSR count). The van der Waals surface area contributed by atoms with Crippen LogP contribution in [0.5, 0.6) is 5.88 Å². The fourth-order valence-electron chi connectivity index (χ4n) is 2.55. The van der Waals surface area contributed by atoms with Crippen LogP contribution in [0.1, 0.15) is 19.8 Å². The second kappa shape index (κ2) is 6.30. The first-order chi connectivity index (χ1) is 9.98. The molecule has 1 aliphatic rings. The Morgan fingerprint density at radius 2 is 2.10 bits per heavy atom. The normalized spacial score (nSPS) is 17.1. The molecule has 21 heavy (non-hydrogen) atoms. The van der Waals surface area contributed by atoms with E-state index in [9.17, 15) is 4.79 Å². The maximum absolute atomic E-state index is 12.7. The van der Waals surface area contributed by atoms with E-state index in [1.807, 2.05) is 32.0 Å². The van der Waals surface area contributed by atoms with Crippen molar-refractivity contribution >= 4 is 17.3 Å². The van der Waals surface area contributed by atoms with Crippen molar-refractivity contribution in [1.82, 2.24) is 10.3 Å². The summed E-state index contributed by atoms with van der Waals surface area (Å²) in [6, 6.07) is 1.86. The van der Waals surface area contributed by atoms with Gasteiger partial charge in [0.05, 0.1) is 12.8 Å². The summed E-state index contributed by atoms with van der Waals surface area (Å²) in [4.78, 5) is 18.8. The summed E-state index contributed by atoms with van der Waals surface area (Å²) in [6.07, 6.45) is 3.34. The molecule has 2 heterocycles.